The lowest BCUT2D eigenvalue weighted by atomic mass is 10.2. The monoisotopic (exact) mass is 316 g/mol. The number of benzene rings is 1. The maximum absolute atomic E-state index is 13.6. The second kappa shape index (κ2) is 5.32. The Hall–Kier alpha value is -2.16. The van der Waals surface area contributed by atoms with Gasteiger partial charge in [0.1, 0.15) is 17.3 Å². The van der Waals surface area contributed by atoms with Crippen molar-refractivity contribution in [3.8, 4) is 0 Å². The third-order valence-electron chi connectivity index (χ3n) is 2.89. The van der Waals surface area contributed by atoms with Crippen LogP contribution < -0.4 is 10.5 Å². The summed E-state index contributed by atoms with van der Waals surface area (Å²) < 4.78 is 54.5. The summed E-state index contributed by atoms with van der Waals surface area (Å²) in [4.78, 5) is 3.90. The number of aryl methyl sites for hydroxylation is 2. The van der Waals surface area contributed by atoms with Crippen LogP contribution in [-0.2, 0) is 16.6 Å². The van der Waals surface area contributed by atoms with Crippen LogP contribution in [0, 0.1) is 18.6 Å². The van der Waals surface area contributed by atoms with E-state index in [2.05, 4.69) is 4.98 Å². The van der Waals surface area contributed by atoms with Crippen molar-refractivity contribution in [1.29, 1.82) is 0 Å². The molecule has 0 bridgehead atoms. The van der Waals surface area contributed by atoms with Gasteiger partial charge in [-0.3, -0.25) is 4.72 Å². The molecule has 1 aromatic heterocycles. The quantitative estimate of drug-likeness (QED) is 0.843. The van der Waals surface area contributed by atoms with Crippen LogP contribution in [0.15, 0.2) is 23.4 Å². The molecule has 1 heterocycles. The molecule has 21 heavy (non-hydrogen) atoms. The summed E-state index contributed by atoms with van der Waals surface area (Å²) >= 11 is 0. The van der Waals surface area contributed by atoms with E-state index in [1.165, 1.54) is 6.20 Å². The smallest absolute Gasteiger partial charge is 0.281 e. The first-order chi connectivity index (χ1) is 9.74. The van der Waals surface area contributed by atoms with Crippen LogP contribution in [0.1, 0.15) is 12.7 Å². The van der Waals surface area contributed by atoms with Gasteiger partial charge < -0.3 is 10.3 Å². The van der Waals surface area contributed by atoms with E-state index in [9.17, 15) is 17.2 Å². The van der Waals surface area contributed by atoms with E-state index in [1.807, 2.05) is 11.6 Å². The number of aromatic nitrogens is 2. The topological polar surface area (TPSA) is 90.0 Å². The van der Waals surface area contributed by atoms with Crippen LogP contribution in [-0.4, -0.2) is 18.0 Å². The molecule has 0 atom stereocenters. The fraction of sp³-hybridized carbons (Fsp3) is 0.250. The number of halogens is 2. The molecule has 0 amide bonds. The van der Waals surface area contributed by atoms with Gasteiger partial charge in [-0.2, -0.15) is 8.42 Å². The highest BCUT2D eigenvalue weighted by Crippen LogP contribution is 2.26. The average Bonchev–Trinajstić information content (AvgIpc) is 2.76. The molecule has 0 fully saturated rings. The summed E-state index contributed by atoms with van der Waals surface area (Å²) in [6.07, 6.45) is 1.33. The zero-order valence-corrected chi connectivity index (χ0v) is 12.2. The van der Waals surface area contributed by atoms with E-state index < -0.39 is 27.3 Å². The number of imidazole rings is 1. The van der Waals surface area contributed by atoms with E-state index in [0.717, 1.165) is 6.07 Å². The summed E-state index contributed by atoms with van der Waals surface area (Å²) in [6.45, 7) is 4.02. The van der Waals surface area contributed by atoms with E-state index in [4.69, 9.17) is 5.73 Å². The zero-order valence-electron chi connectivity index (χ0n) is 11.4. The van der Waals surface area contributed by atoms with Crippen molar-refractivity contribution in [2.45, 2.75) is 25.4 Å². The van der Waals surface area contributed by atoms with Crippen LogP contribution in [0.3, 0.4) is 0 Å². The minimum Gasteiger partial charge on any atom is -0.397 e. The second-order valence-electron chi connectivity index (χ2n) is 4.37. The molecule has 2 rings (SSSR count). The van der Waals surface area contributed by atoms with E-state index in [-0.39, 0.29) is 10.7 Å². The summed E-state index contributed by atoms with van der Waals surface area (Å²) in [7, 11) is -4.11. The van der Waals surface area contributed by atoms with Crippen LogP contribution >= 0.6 is 0 Å². The van der Waals surface area contributed by atoms with Gasteiger partial charge in [0.05, 0.1) is 5.69 Å². The Labute approximate surface area is 120 Å². The molecule has 6 nitrogen and oxygen atoms in total. The van der Waals surface area contributed by atoms with E-state index in [1.54, 1.807) is 11.5 Å². The molecule has 114 valence electrons. The molecular weight excluding hydrogens is 302 g/mol. The number of hydrogen-bond acceptors (Lipinski definition) is 4. The van der Waals surface area contributed by atoms with Crippen LogP contribution in [0.4, 0.5) is 20.2 Å². The molecule has 2 aromatic rings. The summed E-state index contributed by atoms with van der Waals surface area (Å²) in [5, 5.41) is -0.259. The average molecular weight is 316 g/mol. The fourth-order valence-corrected chi connectivity index (χ4v) is 2.92. The van der Waals surface area contributed by atoms with Gasteiger partial charge in [-0.15, -0.1) is 0 Å². The van der Waals surface area contributed by atoms with Crippen LogP contribution in [0.25, 0.3) is 0 Å². The number of nitrogens with zero attached hydrogens (tertiary/aromatic N) is 2. The lowest BCUT2D eigenvalue weighted by Gasteiger charge is -2.09. The molecule has 3 N–H and O–H groups in total. The van der Waals surface area contributed by atoms with Crippen molar-refractivity contribution in [1.82, 2.24) is 9.55 Å². The molecule has 0 aliphatic heterocycles. The molecule has 1 aromatic carbocycles. The molecule has 0 spiro atoms. The van der Waals surface area contributed by atoms with Gasteiger partial charge in [-0.05, 0) is 19.9 Å². The Morgan fingerprint density at radius 1 is 1.38 bits per heavy atom. The van der Waals surface area contributed by atoms with E-state index >= 15 is 0 Å². The Bertz CT molecular complexity index is 764. The number of anilines is 2. The highest BCUT2D eigenvalue weighted by Gasteiger charge is 2.22. The molecular formula is C12H14F2N4O2S. The van der Waals surface area contributed by atoms with Gasteiger partial charge in [-0.1, -0.05) is 0 Å². The molecule has 9 heteroatoms. The SMILES string of the molecule is CCn1cc(S(=O)(=O)Nc2c(N)cc(F)cc2F)nc1C. The van der Waals surface area contributed by atoms with Gasteiger partial charge >= 0.3 is 0 Å². The van der Waals surface area contributed by atoms with Gasteiger partial charge in [0.25, 0.3) is 10.0 Å². The van der Waals surface area contributed by atoms with Crippen molar-refractivity contribution in [3.05, 3.63) is 35.8 Å². The number of rotatable bonds is 4. The predicted molar refractivity (Wildman–Crippen MR) is 74.2 cm³/mol. The molecule has 0 aliphatic carbocycles. The summed E-state index contributed by atoms with van der Waals surface area (Å²) in [6, 6.07) is 1.38. The zero-order chi connectivity index (χ0) is 15.8. The van der Waals surface area contributed by atoms with Crippen molar-refractivity contribution in [3.63, 3.8) is 0 Å². The Kier molecular flexibility index (Phi) is 3.86. The minimum absolute atomic E-state index is 0.259. The highest BCUT2D eigenvalue weighted by atomic mass is 32.2. The third-order valence-corrected chi connectivity index (χ3v) is 4.11. The van der Waals surface area contributed by atoms with Gasteiger partial charge in [0.2, 0.25) is 0 Å². The minimum atomic E-state index is -4.11. The molecule has 0 radical (unpaired) electrons. The number of nitrogens with one attached hydrogen (secondary N) is 1. The lowest BCUT2D eigenvalue weighted by Crippen LogP contribution is -2.16. The maximum atomic E-state index is 13.6. The largest absolute Gasteiger partial charge is 0.397 e. The molecule has 0 saturated heterocycles. The second-order valence-corrected chi connectivity index (χ2v) is 6.00. The summed E-state index contributed by atoms with van der Waals surface area (Å²) in [5.41, 5.74) is 4.59. The first-order valence-electron chi connectivity index (χ1n) is 6.05. The first-order valence-corrected chi connectivity index (χ1v) is 7.54. The molecule has 0 saturated carbocycles. The lowest BCUT2D eigenvalue weighted by molar-refractivity contribution is 0.583. The van der Waals surface area contributed by atoms with Crippen LogP contribution in [0.2, 0.25) is 0 Å². The highest BCUT2D eigenvalue weighted by molar-refractivity contribution is 7.92. The number of hydrogen-bond donors (Lipinski definition) is 2. The molecule has 0 aliphatic rings. The Balaban J connectivity index is 2.42. The Morgan fingerprint density at radius 3 is 2.57 bits per heavy atom. The number of sulfonamides is 1. The van der Waals surface area contributed by atoms with Crippen molar-refractivity contribution in [2.24, 2.45) is 0 Å². The Morgan fingerprint density at radius 2 is 2.05 bits per heavy atom. The van der Waals surface area contributed by atoms with Crippen LogP contribution in [0.5, 0.6) is 0 Å². The normalized spacial score (nSPS) is 11.6. The van der Waals surface area contributed by atoms with Gasteiger partial charge in [-0.25, -0.2) is 13.8 Å². The number of nitrogen functional groups attached to an aromatic ring is 1. The standard InChI is InChI=1S/C12H14F2N4O2S/c1-3-18-6-11(16-7(18)2)21(19,20)17-12-9(14)4-8(13)5-10(12)15/h4-6,17H,3,15H2,1-2H3. The van der Waals surface area contributed by atoms with Gasteiger partial charge in [0, 0.05) is 18.8 Å². The third kappa shape index (κ3) is 2.97. The maximum Gasteiger partial charge on any atom is 0.281 e. The fourth-order valence-electron chi connectivity index (χ4n) is 1.82. The van der Waals surface area contributed by atoms with Crippen molar-refractivity contribution in [2.75, 3.05) is 10.5 Å². The predicted octanol–water partition coefficient (Wildman–Crippen LogP) is 1.87. The van der Waals surface area contributed by atoms with Crippen molar-refractivity contribution < 1.29 is 17.2 Å². The molecule has 0 unspecified atom stereocenters. The number of nitrogens with two attached hydrogens (primary N) is 1. The van der Waals surface area contributed by atoms with Crippen molar-refractivity contribution >= 4 is 21.4 Å². The van der Waals surface area contributed by atoms with E-state index in [0.29, 0.717) is 18.4 Å². The first kappa shape index (κ1) is 15.2. The summed E-state index contributed by atoms with van der Waals surface area (Å²) in [5.74, 6) is -1.48. The van der Waals surface area contributed by atoms with Gasteiger partial charge in [0.15, 0.2) is 10.8 Å².